The van der Waals surface area contributed by atoms with Gasteiger partial charge < -0.3 is 0 Å². The summed E-state index contributed by atoms with van der Waals surface area (Å²) in [5, 5.41) is 21.8. The summed E-state index contributed by atoms with van der Waals surface area (Å²) in [5.41, 5.74) is 19.0. The molecule has 0 heterocycles. The van der Waals surface area contributed by atoms with Gasteiger partial charge >= 0.3 is 0 Å². The van der Waals surface area contributed by atoms with Crippen LogP contribution in [-0.4, -0.2) is 0 Å². The molecule has 270 valence electrons. The fourth-order valence-electron chi connectivity index (χ4n) is 11.0. The molecule has 0 spiro atoms. The monoisotopic (exact) mass is 718 g/mol. The third-order valence-electron chi connectivity index (χ3n) is 14.3. The van der Waals surface area contributed by atoms with E-state index in [0.29, 0.717) is 0 Å². The predicted molar refractivity (Wildman–Crippen MR) is 247 cm³/mol. The first-order chi connectivity index (χ1) is 26.9. The highest BCUT2D eigenvalue weighted by atomic mass is 14.3. The lowest BCUT2D eigenvalue weighted by Gasteiger charge is -2.16. The van der Waals surface area contributed by atoms with Crippen LogP contribution < -0.4 is 0 Å². The van der Waals surface area contributed by atoms with Crippen molar-refractivity contribution in [2.75, 3.05) is 0 Å². The summed E-state index contributed by atoms with van der Waals surface area (Å²) in [7, 11) is 0. The van der Waals surface area contributed by atoms with E-state index in [1.807, 2.05) is 0 Å². The third-order valence-corrected chi connectivity index (χ3v) is 14.3. The Labute approximate surface area is 329 Å². The van der Waals surface area contributed by atoms with Gasteiger partial charge in [-0.3, -0.25) is 0 Å². The van der Waals surface area contributed by atoms with Crippen LogP contribution in [0, 0.1) is 69.2 Å². The highest BCUT2D eigenvalue weighted by Crippen LogP contribution is 2.49. The van der Waals surface area contributed by atoms with Crippen LogP contribution in [0.15, 0.2) is 97.1 Å². The van der Waals surface area contributed by atoms with Crippen molar-refractivity contribution >= 4 is 86.2 Å². The van der Waals surface area contributed by atoms with Gasteiger partial charge in [-0.15, -0.1) is 0 Å². The van der Waals surface area contributed by atoms with Crippen molar-refractivity contribution in [1.82, 2.24) is 0 Å². The lowest BCUT2D eigenvalue weighted by molar-refractivity contribution is 1.25. The minimum atomic E-state index is 1.31. The van der Waals surface area contributed by atoms with Crippen LogP contribution in [-0.2, 0) is 0 Å². The summed E-state index contributed by atoms with van der Waals surface area (Å²) >= 11 is 0. The first-order valence-electron chi connectivity index (χ1n) is 20.3. The van der Waals surface area contributed by atoms with Gasteiger partial charge in [0.15, 0.2) is 0 Å². The zero-order valence-electron chi connectivity index (χ0n) is 34.2. The molecule has 0 nitrogen and oxygen atoms in total. The zero-order valence-corrected chi connectivity index (χ0v) is 34.2. The van der Waals surface area contributed by atoms with E-state index in [0.717, 1.165) is 0 Å². The van der Waals surface area contributed by atoms with Crippen LogP contribution in [0.3, 0.4) is 0 Å². The summed E-state index contributed by atoms with van der Waals surface area (Å²) in [4.78, 5) is 0. The Morgan fingerprint density at radius 2 is 0.518 bits per heavy atom. The second kappa shape index (κ2) is 11.3. The average Bonchev–Trinajstić information content (AvgIpc) is 3.67. The van der Waals surface area contributed by atoms with Crippen molar-refractivity contribution in [3.63, 3.8) is 0 Å². The van der Waals surface area contributed by atoms with E-state index in [2.05, 4.69) is 166 Å². The summed E-state index contributed by atoms with van der Waals surface area (Å²) in [6, 6.07) is 38.5. The number of hydrogen-bond acceptors (Lipinski definition) is 0. The molecule has 0 N–H and O–H groups in total. The molecule has 0 saturated carbocycles. The van der Waals surface area contributed by atoms with Crippen molar-refractivity contribution in [2.24, 2.45) is 0 Å². The summed E-state index contributed by atoms with van der Waals surface area (Å²) in [6.45, 7) is 22.8. The Hall–Kier alpha value is -5.98. The number of aryl methyl sites for hydroxylation is 6. The maximum absolute atomic E-state index is 2.55. The molecule has 0 bridgehead atoms. The first-order valence-corrected chi connectivity index (χ1v) is 20.3. The van der Waals surface area contributed by atoms with Crippen molar-refractivity contribution in [3.8, 4) is 22.3 Å². The number of hydrogen-bond donors (Lipinski definition) is 0. The lowest BCUT2D eigenvalue weighted by Crippen LogP contribution is -1.95. The van der Waals surface area contributed by atoms with Crippen LogP contribution in [0.1, 0.15) is 55.6 Å². The third kappa shape index (κ3) is 4.20. The Balaban J connectivity index is 1.28. The SMILES string of the molecule is Cc1cc(C)c(C)c(-c2ccc3c(c2)c2cc4c5cc6c7cc(-c8c(C)c(C)cc(C)c8C)ccc7c7ccc(C)c(c5ccc4c4c(C)ccc3c24)c76)c1C. The van der Waals surface area contributed by atoms with E-state index in [-0.39, 0.29) is 0 Å². The highest BCUT2D eigenvalue weighted by molar-refractivity contribution is 6.40. The molecule has 11 rings (SSSR count). The molecular formula is C56H46. The molecule has 0 saturated heterocycles. The van der Waals surface area contributed by atoms with Crippen molar-refractivity contribution in [2.45, 2.75) is 69.2 Å². The normalized spacial score (nSPS) is 12.5. The van der Waals surface area contributed by atoms with Crippen LogP contribution in [0.5, 0.6) is 0 Å². The van der Waals surface area contributed by atoms with E-state index in [9.17, 15) is 0 Å². The summed E-state index contributed by atoms with van der Waals surface area (Å²) in [5.74, 6) is 0. The first kappa shape index (κ1) is 33.4. The van der Waals surface area contributed by atoms with Crippen LogP contribution >= 0.6 is 0 Å². The predicted octanol–water partition coefficient (Wildman–Crippen LogP) is 16.2. The van der Waals surface area contributed by atoms with Crippen molar-refractivity contribution < 1.29 is 0 Å². The fraction of sp³-hybridized carbons (Fsp3) is 0.179. The van der Waals surface area contributed by atoms with Gasteiger partial charge in [-0.05, 0) is 258 Å². The Kier molecular flexibility index (Phi) is 6.73. The van der Waals surface area contributed by atoms with Gasteiger partial charge in [-0.1, -0.05) is 72.8 Å². The van der Waals surface area contributed by atoms with Gasteiger partial charge in [0, 0.05) is 0 Å². The van der Waals surface area contributed by atoms with Crippen molar-refractivity contribution in [3.05, 3.63) is 153 Å². The second-order valence-electron chi connectivity index (χ2n) is 17.3. The van der Waals surface area contributed by atoms with Gasteiger partial charge in [0.05, 0.1) is 0 Å². The Morgan fingerprint density at radius 3 is 0.893 bits per heavy atom. The molecule has 0 heteroatoms. The minimum Gasteiger partial charge on any atom is -0.0580 e. The Morgan fingerprint density at radius 1 is 0.214 bits per heavy atom. The van der Waals surface area contributed by atoms with Crippen molar-refractivity contribution in [1.29, 1.82) is 0 Å². The Bertz CT molecular complexity index is 3260. The van der Waals surface area contributed by atoms with E-state index < -0.39 is 0 Å². The molecule has 0 aliphatic rings. The second-order valence-corrected chi connectivity index (χ2v) is 17.3. The molecule has 0 fully saturated rings. The minimum absolute atomic E-state index is 1.31. The quantitative estimate of drug-likeness (QED) is 0.156. The molecule has 0 aliphatic heterocycles. The van der Waals surface area contributed by atoms with Gasteiger partial charge in [-0.2, -0.15) is 0 Å². The molecule has 56 heavy (non-hydrogen) atoms. The van der Waals surface area contributed by atoms with E-state index in [4.69, 9.17) is 0 Å². The molecule has 11 aromatic rings. The lowest BCUT2D eigenvalue weighted by atomic mass is 9.88. The molecule has 11 aromatic carbocycles. The van der Waals surface area contributed by atoms with Gasteiger partial charge in [0.2, 0.25) is 0 Å². The maximum Gasteiger partial charge on any atom is -0.00172 e. The average molecular weight is 719 g/mol. The van der Waals surface area contributed by atoms with Gasteiger partial charge in [-0.25, -0.2) is 0 Å². The smallest absolute Gasteiger partial charge is 0.00172 e. The fourth-order valence-corrected chi connectivity index (χ4v) is 11.0. The molecule has 0 amide bonds. The molecule has 0 atom stereocenters. The number of fused-ring (bicyclic) bond motifs is 11. The van der Waals surface area contributed by atoms with Crippen LogP contribution in [0.25, 0.3) is 108 Å². The largest absolute Gasteiger partial charge is 0.0580 e. The highest BCUT2D eigenvalue weighted by Gasteiger charge is 2.22. The maximum atomic E-state index is 2.55. The molecule has 0 unspecified atom stereocenters. The molecular weight excluding hydrogens is 673 g/mol. The number of rotatable bonds is 2. The van der Waals surface area contributed by atoms with E-state index in [1.165, 1.54) is 164 Å². The van der Waals surface area contributed by atoms with Gasteiger partial charge in [0.25, 0.3) is 0 Å². The van der Waals surface area contributed by atoms with E-state index in [1.54, 1.807) is 0 Å². The number of benzene rings is 9. The van der Waals surface area contributed by atoms with Crippen LogP contribution in [0.2, 0.25) is 0 Å². The zero-order chi connectivity index (χ0) is 38.6. The molecule has 0 radical (unpaired) electrons. The summed E-state index contributed by atoms with van der Waals surface area (Å²) in [6.07, 6.45) is 0. The molecule has 0 aromatic heterocycles. The topological polar surface area (TPSA) is 0 Å². The van der Waals surface area contributed by atoms with Gasteiger partial charge in [0.1, 0.15) is 0 Å². The van der Waals surface area contributed by atoms with Crippen LogP contribution in [0.4, 0.5) is 0 Å². The van der Waals surface area contributed by atoms with E-state index >= 15 is 0 Å². The standard InChI is InChI=1S/C56H46/c1-27-11-15-41-39-17-13-37(53-33(7)29(3)21-30(4)34(53)8)23-45(39)49-25-47-43(51(27)55(41)49)19-20-44-48(47)26-50-46-24-38(54-35(9)31(5)22-32(6)36(54)10)14-18-40(46)42-16-12-28(2)52(44)56(42)50/h11-26H,1-10H3. The summed E-state index contributed by atoms with van der Waals surface area (Å²) < 4.78 is 0. The molecule has 0 aliphatic carbocycles.